The lowest BCUT2D eigenvalue weighted by atomic mass is 10.2. The molecule has 0 aliphatic heterocycles. The van der Waals surface area contributed by atoms with Crippen LogP contribution >= 0.6 is 0 Å². The number of para-hydroxylation sites is 1. The fourth-order valence-corrected chi connectivity index (χ4v) is 1.68. The summed E-state index contributed by atoms with van der Waals surface area (Å²) in [4.78, 5) is 0. The molecule has 3 nitrogen and oxygen atoms in total. The van der Waals surface area contributed by atoms with Gasteiger partial charge < -0.3 is 15.2 Å². The van der Waals surface area contributed by atoms with Crippen LogP contribution in [-0.4, -0.2) is 30.9 Å². The Morgan fingerprint density at radius 2 is 2.05 bits per heavy atom. The number of halogens is 1. The number of aliphatic hydroxyl groups is 1. The second-order valence-electron chi connectivity index (χ2n) is 4.51. The summed E-state index contributed by atoms with van der Waals surface area (Å²) in [6.45, 7) is 5.20. The number of hydrogen-bond acceptors (Lipinski definition) is 3. The molecule has 1 unspecified atom stereocenters. The molecule has 4 heteroatoms. The molecule has 0 heterocycles. The molecule has 0 bridgehead atoms. The van der Waals surface area contributed by atoms with Gasteiger partial charge >= 0.3 is 0 Å². The third-order valence-corrected chi connectivity index (χ3v) is 2.75. The Balaban J connectivity index is 2.08. The highest BCUT2D eigenvalue weighted by atomic mass is 19.1. The fourth-order valence-electron chi connectivity index (χ4n) is 1.68. The molecule has 0 aliphatic carbocycles. The molecular formula is C15H23FNO2. The SMILES string of the molecule is [CH2]CCCCCNCC(O)COc1ccccc1F. The molecule has 0 saturated heterocycles. The molecule has 19 heavy (non-hydrogen) atoms. The molecule has 1 aromatic rings. The van der Waals surface area contributed by atoms with Gasteiger partial charge in [-0.25, -0.2) is 4.39 Å². The van der Waals surface area contributed by atoms with Crippen molar-refractivity contribution in [1.82, 2.24) is 5.32 Å². The highest BCUT2D eigenvalue weighted by Gasteiger charge is 2.07. The second kappa shape index (κ2) is 9.75. The average Bonchev–Trinajstić information content (AvgIpc) is 2.42. The summed E-state index contributed by atoms with van der Waals surface area (Å²) in [7, 11) is 0. The first-order valence-corrected chi connectivity index (χ1v) is 6.79. The Bertz CT molecular complexity index is 347. The third-order valence-electron chi connectivity index (χ3n) is 2.75. The maximum atomic E-state index is 13.2. The van der Waals surface area contributed by atoms with Crippen LogP contribution in [0.4, 0.5) is 4.39 Å². The maximum absolute atomic E-state index is 13.2. The summed E-state index contributed by atoms with van der Waals surface area (Å²) in [5.74, 6) is -0.229. The molecule has 0 aliphatic rings. The molecule has 1 aromatic carbocycles. The number of benzene rings is 1. The summed E-state index contributed by atoms with van der Waals surface area (Å²) in [6, 6.07) is 6.19. The van der Waals surface area contributed by atoms with E-state index < -0.39 is 11.9 Å². The number of unbranched alkanes of at least 4 members (excludes halogenated alkanes) is 3. The van der Waals surface area contributed by atoms with E-state index in [0.29, 0.717) is 6.54 Å². The summed E-state index contributed by atoms with van der Waals surface area (Å²) in [6.07, 6.45) is 3.71. The molecule has 0 spiro atoms. The summed E-state index contributed by atoms with van der Waals surface area (Å²) >= 11 is 0. The van der Waals surface area contributed by atoms with E-state index in [1.807, 2.05) is 0 Å². The van der Waals surface area contributed by atoms with Gasteiger partial charge in [0.2, 0.25) is 0 Å². The first-order valence-electron chi connectivity index (χ1n) is 6.79. The van der Waals surface area contributed by atoms with Gasteiger partial charge in [0.25, 0.3) is 0 Å². The molecule has 1 radical (unpaired) electrons. The van der Waals surface area contributed by atoms with Gasteiger partial charge in [-0.05, 0) is 25.1 Å². The molecule has 107 valence electrons. The van der Waals surface area contributed by atoms with Crippen LogP contribution in [0.25, 0.3) is 0 Å². The fraction of sp³-hybridized carbons (Fsp3) is 0.533. The Kier molecular flexibility index (Phi) is 8.18. The first-order chi connectivity index (χ1) is 9.24. The minimum absolute atomic E-state index is 0.0901. The molecule has 0 fully saturated rings. The zero-order valence-corrected chi connectivity index (χ0v) is 11.3. The van der Waals surface area contributed by atoms with Crippen LogP contribution in [0, 0.1) is 12.7 Å². The summed E-state index contributed by atoms with van der Waals surface area (Å²) < 4.78 is 18.5. The normalized spacial score (nSPS) is 12.4. The second-order valence-corrected chi connectivity index (χ2v) is 4.51. The average molecular weight is 268 g/mol. The summed E-state index contributed by atoms with van der Waals surface area (Å²) in [5, 5.41) is 12.8. The van der Waals surface area contributed by atoms with Crippen molar-refractivity contribution in [2.24, 2.45) is 0 Å². The highest BCUT2D eigenvalue weighted by Crippen LogP contribution is 2.15. The predicted molar refractivity (Wildman–Crippen MR) is 74.6 cm³/mol. The lowest BCUT2D eigenvalue weighted by Crippen LogP contribution is -2.32. The van der Waals surface area contributed by atoms with Crippen LogP contribution in [0.3, 0.4) is 0 Å². The lowest BCUT2D eigenvalue weighted by molar-refractivity contribution is 0.104. The van der Waals surface area contributed by atoms with Gasteiger partial charge in [-0.2, -0.15) is 0 Å². The Morgan fingerprint density at radius 1 is 1.26 bits per heavy atom. The topological polar surface area (TPSA) is 41.5 Å². The largest absolute Gasteiger partial charge is 0.488 e. The number of nitrogens with one attached hydrogen (secondary N) is 1. The first kappa shape index (κ1) is 15.9. The highest BCUT2D eigenvalue weighted by molar-refractivity contribution is 5.23. The van der Waals surface area contributed by atoms with E-state index in [4.69, 9.17) is 4.74 Å². The predicted octanol–water partition coefficient (Wildman–Crippen LogP) is 2.55. The van der Waals surface area contributed by atoms with Crippen molar-refractivity contribution >= 4 is 0 Å². The van der Waals surface area contributed by atoms with Crippen LogP contribution in [-0.2, 0) is 0 Å². The quantitative estimate of drug-likeness (QED) is 0.641. The van der Waals surface area contributed by atoms with Crippen LogP contribution in [0.1, 0.15) is 25.7 Å². The van der Waals surface area contributed by atoms with Gasteiger partial charge in [-0.1, -0.05) is 38.3 Å². The third kappa shape index (κ3) is 7.13. The Hall–Kier alpha value is -1.13. The van der Waals surface area contributed by atoms with E-state index in [0.717, 1.165) is 32.2 Å². The number of hydrogen-bond donors (Lipinski definition) is 2. The van der Waals surface area contributed by atoms with Crippen molar-refractivity contribution in [1.29, 1.82) is 0 Å². The van der Waals surface area contributed by atoms with E-state index in [9.17, 15) is 9.50 Å². The zero-order valence-electron chi connectivity index (χ0n) is 11.3. The minimum atomic E-state index is -0.632. The van der Waals surface area contributed by atoms with Gasteiger partial charge in [0.1, 0.15) is 12.7 Å². The minimum Gasteiger partial charge on any atom is -0.488 e. The lowest BCUT2D eigenvalue weighted by Gasteiger charge is -2.13. The monoisotopic (exact) mass is 268 g/mol. The van der Waals surface area contributed by atoms with E-state index in [1.54, 1.807) is 18.2 Å². The zero-order chi connectivity index (χ0) is 13.9. The van der Waals surface area contributed by atoms with E-state index in [2.05, 4.69) is 12.2 Å². The maximum Gasteiger partial charge on any atom is 0.165 e. The van der Waals surface area contributed by atoms with Gasteiger partial charge in [0.15, 0.2) is 11.6 Å². The van der Waals surface area contributed by atoms with Crippen molar-refractivity contribution in [2.75, 3.05) is 19.7 Å². The van der Waals surface area contributed by atoms with Crippen molar-refractivity contribution in [3.05, 3.63) is 37.0 Å². The van der Waals surface area contributed by atoms with Crippen molar-refractivity contribution < 1.29 is 14.2 Å². The molecule has 0 saturated carbocycles. The van der Waals surface area contributed by atoms with E-state index in [1.165, 1.54) is 6.07 Å². The van der Waals surface area contributed by atoms with E-state index in [-0.39, 0.29) is 12.4 Å². The summed E-state index contributed by atoms with van der Waals surface area (Å²) in [5.41, 5.74) is 0. The van der Waals surface area contributed by atoms with E-state index >= 15 is 0 Å². The number of rotatable bonds is 10. The standard InChI is InChI=1S/C15H23FNO2/c1-2-3-4-7-10-17-11-13(18)12-19-15-9-6-5-8-14(15)16/h5-6,8-9,13,17-18H,1-4,7,10-12H2. The van der Waals surface area contributed by atoms with Crippen LogP contribution < -0.4 is 10.1 Å². The van der Waals surface area contributed by atoms with Crippen LogP contribution in [0.5, 0.6) is 5.75 Å². The molecule has 0 amide bonds. The number of ether oxygens (including phenoxy) is 1. The van der Waals surface area contributed by atoms with Crippen molar-refractivity contribution in [3.8, 4) is 5.75 Å². The van der Waals surface area contributed by atoms with Crippen LogP contribution in [0.2, 0.25) is 0 Å². The van der Waals surface area contributed by atoms with Gasteiger partial charge in [0.05, 0.1) is 0 Å². The van der Waals surface area contributed by atoms with Crippen LogP contribution in [0.15, 0.2) is 24.3 Å². The van der Waals surface area contributed by atoms with Crippen molar-refractivity contribution in [2.45, 2.75) is 31.8 Å². The van der Waals surface area contributed by atoms with Gasteiger partial charge in [0, 0.05) is 6.54 Å². The molecule has 1 rings (SSSR count). The smallest absolute Gasteiger partial charge is 0.165 e. The molecule has 0 aromatic heterocycles. The molecular weight excluding hydrogens is 245 g/mol. The van der Waals surface area contributed by atoms with Gasteiger partial charge in [-0.3, -0.25) is 0 Å². The Labute approximate surface area is 114 Å². The van der Waals surface area contributed by atoms with Crippen molar-refractivity contribution in [3.63, 3.8) is 0 Å². The number of aliphatic hydroxyl groups excluding tert-OH is 1. The molecule has 1 atom stereocenters. The van der Waals surface area contributed by atoms with Gasteiger partial charge in [-0.15, -0.1) is 0 Å². The molecule has 2 N–H and O–H groups in total. The Morgan fingerprint density at radius 3 is 2.79 bits per heavy atom.